The fourth-order valence-electron chi connectivity index (χ4n) is 3.82. The van der Waals surface area contributed by atoms with Crippen LogP contribution in [0.15, 0.2) is 36.4 Å². The van der Waals surface area contributed by atoms with Crippen molar-refractivity contribution in [3.63, 3.8) is 0 Å². The number of fused-ring (bicyclic) bond motifs is 1. The highest BCUT2D eigenvalue weighted by Crippen LogP contribution is 2.34. The van der Waals surface area contributed by atoms with E-state index in [4.69, 9.17) is 21.1 Å². The molecule has 2 aliphatic heterocycles. The molecule has 2 aromatic rings. The number of rotatable bonds is 4. The van der Waals surface area contributed by atoms with E-state index >= 15 is 0 Å². The van der Waals surface area contributed by atoms with Crippen LogP contribution in [0, 0.1) is 0 Å². The van der Waals surface area contributed by atoms with Crippen LogP contribution in [0.1, 0.15) is 41.2 Å². The molecule has 0 aromatic heterocycles. The van der Waals surface area contributed by atoms with E-state index in [9.17, 15) is 10.2 Å². The largest absolute Gasteiger partial charge is 0.493 e. The molecule has 3 unspecified atom stereocenters. The van der Waals surface area contributed by atoms with Crippen LogP contribution in [0.3, 0.4) is 0 Å². The van der Waals surface area contributed by atoms with Crippen molar-refractivity contribution in [1.29, 1.82) is 0 Å². The fourth-order valence-corrected chi connectivity index (χ4v) is 4.01. The van der Waals surface area contributed by atoms with Gasteiger partial charge in [-0.1, -0.05) is 35.9 Å². The average molecular weight is 375 g/mol. The zero-order chi connectivity index (χ0) is 18.1. The van der Waals surface area contributed by atoms with Crippen molar-refractivity contribution in [1.82, 2.24) is 0 Å². The van der Waals surface area contributed by atoms with Gasteiger partial charge in [-0.25, -0.2) is 0 Å². The topological polar surface area (TPSA) is 58.9 Å². The van der Waals surface area contributed by atoms with E-state index < -0.39 is 6.10 Å². The monoisotopic (exact) mass is 374 g/mol. The molecule has 0 aliphatic carbocycles. The van der Waals surface area contributed by atoms with E-state index in [1.165, 1.54) is 11.1 Å². The van der Waals surface area contributed by atoms with Gasteiger partial charge < -0.3 is 19.7 Å². The summed E-state index contributed by atoms with van der Waals surface area (Å²) in [6.07, 6.45) is 1.70. The van der Waals surface area contributed by atoms with Crippen molar-refractivity contribution < 1.29 is 19.7 Å². The lowest BCUT2D eigenvalue weighted by atomic mass is 9.93. The highest BCUT2D eigenvalue weighted by Gasteiger charge is 2.29. The van der Waals surface area contributed by atoms with Crippen LogP contribution in [-0.2, 0) is 17.6 Å². The molecule has 3 atom stereocenters. The Bertz CT molecular complexity index is 792. The molecule has 5 heteroatoms. The predicted molar refractivity (Wildman–Crippen MR) is 99.8 cm³/mol. The fraction of sp³-hybridized carbons (Fsp3) is 0.429. The zero-order valence-corrected chi connectivity index (χ0v) is 15.3. The van der Waals surface area contributed by atoms with E-state index in [1.54, 1.807) is 0 Å². The van der Waals surface area contributed by atoms with E-state index in [-0.39, 0.29) is 18.8 Å². The number of benzene rings is 2. The van der Waals surface area contributed by atoms with Gasteiger partial charge in [-0.2, -0.15) is 0 Å². The summed E-state index contributed by atoms with van der Waals surface area (Å²) in [6, 6.07) is 12.2. The van der Waals surface area contributed by atoms with Gasteiger partial charge in [-0.05, 0) is 40.8 Å². The maximum absolute atomic E-state index is 10.1. The van der Waals surface area contributed by atoms with Crippen LogP contribution in [0.25, 0.3) is 0 Å². The maximum atomic E-state index is 10.1. The first-order chi connectivity index (χ1) is 12.6. The van der Waals surface area contributed by atoms with Gasteiger partial charge in [-0.3, -0.25) is 0 Å². The molecule has 0 amide bonds. The lowest BCUT2D eigenvalue weighted by molar-refractivity contribution is -0.113. The van der Waals surface area contributed by atoms with Crippen molar-refractivity contribution in [2.24, 2.45) is 0 Å². The van der Waals surface area contributed by atoms with Gasteiger partial charge in [0.25, 0.3) is 0 Å². The van der Waals surface area contributed by atoms with Gasteiger partial charge in [0.1, 0.15) is 5.75 Å². The smallest absolute Gasteiger partial charge is 0.122 e. The summed E-state index contributed by atoms with van der Waals surface area (Å²) in [6.45, 7) is 0.674. The first-order valence-corrected chi connectivity index (χ1v) is 9.47. The highest BCUT2D eigenvalue weighted by molar-refractivity contribution is 6.31. The molecule has 0 bridgehead atoms. The molecular weight excluding hydrogens is 352 g/mol. The van der Waals surface area contributed by atoms with E-state index in [0.717, 1.165) is 41.3 Å². The summed E-state index contributed by atoms with van der Waals surface area (Å²) >= 11 is 6.43. The summed E-state index contributed by atoms with van der Waals surface area (Å²) in [7, 11) is 0. The molecule has 0 radical (unpaired) electrons. The minimum Gasteiger partial charge on any atom is -0.493 e. The van der Waals surface area contributed by atoms with Gasteiger partial charge in [0.15, 0.2) is 0 Å². The molecule has 1 fully saturated rings. The van der Waals surface area contributed by atoms with Crippen LogP contribution in [-0.4, -0.2) is 35.6 Å². The molecule has 4 nitrogen and oxygen atoms in total. The van der Waals surface area contributed by atoms with E-state index in [0.29, 0.717) is 12.8 Å². The third kappa shape index (κ3) is 3.74. The van der Waals surface area contributed by atoms with Crippen molar-refractivity contribution in [2.45, 2.75) is 44.0 Å². The van der Waals surface area contributed by atoms with Gasteiger partial charge in [0.2, 0.25) is 0 Å². The second kappa shape index (κ2) is 7.57. The second-order valence-electron chi connectivity index (χ2n) is 7.12. The summed E-state index contributed by atoms with van der Waals surface area (Å²) in [5, 5.41) is 20.2. The Morgan fingerprint density at radius 1 is 1.12 bits per heavy atom. The molecule has 138 valence electrons. The van der Waals surface area contributed by atoms with Gasteiger partial charge in [-0.15, -0.1) is 0 Å². The molecule has 26 heavy (non-hydrogen) atoms. The Morgan fingerprint density at radius 3 is 2.85 bits per heavy atom. The number of hydrogen-bond donors (Lipinski definition) is 2. The number of aliphatic hydroxyl groups is 2. The lowest BCUT2D eigenvalue weighted by Crippen LogP contribution is -2.33. The molecule has 0 saturated carbocycles. The van der Waals surface area contributed by atoms with Crippen LogP contribution in [0.2, 0.25) is 5.02 Å². The first kappa shape index (κ1) is 17.8. The number of aliphatic hydroxyl groups excluding tert-OH is 2. The third-order valence-corrected chi connectivity index (χ3v) is 5.54. The summed E-state index contributed by atoms with van der Waals surface area (Å²) in [5.74, 6) is 0.980. The summed E-state index contributed by atoms with van der Waals surface area (Å²) in [5.41, 5.74) is 4.48. The Kier molecular flexibility index (Phi) is 5.18. The maximum Gasteiger partial charge on any atom is 0.122 e. The van der Waals surface area contributed by atoms with Crippen LogP contribution < -0.4 is 4.74 Å². The van der Waals surface area contributed by atoms with E-state index in [1.807, 2.05) is 18.2 Å². The zero-order valence-electron chi connectivity index (χ0n) is 14.5. The molecule has 1 saturated heterocycles. The van der Waals surface area contributed by atoms with E-state index in [2.05, 4.69) is 18.2 Å². The molecular formula is C21H23ClO4. The predicted octanol–water partition coefficient (Wildman–Crippen LogP) is 3.44. The lowest BCUT2D eigenvalue weighted by Gasteiger charge is -2.32. The third-order valence-electron chi connectivity index (χ3n) is 5.17. The van der Waals surface area contributed by atoms with Crippen LogP contribution in [0.5, 0.6) is 5.75 Å². The molecule has 4 rings (SSSR count). The summed E-state index contributed by atoms with van der Waals surface area (Å²) < 4.78 is 11.5. The van der Waals surface area contributed by atoms with Gasteiger partial charge >= 0.3 is 0 Å². The minimum atomic E-state index is -0.457. The molecule has 2 aliphatic rings. The number of ether oxygens (including phenoxy) is 2. The van der Waals surface area contributed by atoms with Crippen molar-refractivity contribution in [3.05, 3.63) is 63.7 Å². The van der Waals surface area contributed by atoms with Crippen LogP contribution >= 0.6 is 11.6 Å². The Morgan fingerprint density at radius 2 is 2.00 bits per heavy atom. The highest BCUT2D eigenvalue weighted by atomic mass is 35.5. The standard InChI is InChI=1S/C21H23ClO4/c22-19-3-2-14(21-11-17(24)10-18(12-23)26-21)9-16(19)8-13-1-4-20-15(7-13)5-6-25-20/h1-4,7,9,17-18,21,23-24H,5-6,8,10-12H2. The van der Waals surface area contributed by atoms with Gasteiger partial charge in [0, 0.05) is 24.3 Å². The number of halogens is 1. The molecule has 2 N–H and O–H groups in total. The Labute approximate surface area is 158 Å². The average Bonchev–Trinajstić information content (AvgIpc) is 3.10. The summed E-state index contributed by atoms with van der Waals surface area (Å²) in [4.78, 5) is 0. The second-order valence-corrected chi connectivity index (χ2v) is 7.53. The molecule has 2 heterocycles. The number of hydrogen-bond acceptors (Lipinski definition) is 4. The van der Waals surface area contributed by atoms with Gasteiger partial charge in [0.05, 0.1) is 31.5 Å². The van der Waals surface area contributed by atoms with Crippen molar-refractivity contribution in [2.75, 3.05) is 13.2 Å². The van der Waals surface area contributed by atoms with Crippen molar-refractivity contribution >= 4 is 11.6 Å². The normalized spacial score (nSPS) is 25.0. The SMILES string of the molecule is OCC1CC(O)CC(c2ccc(Cl)c(Cc3ccc4c(c3)CCO4)c2)O1. The first-order valence-electron chi connectivity index (χ1n) is 9.09. The Hall–Kier alpha value is -1.59. The molecule has 2 aromatic carbocycles. The quantitative estimate of drug-likeness (QED) is 0.860. The molecule has 0 spiro atoms. The van der Waals surface area contributed by atoms with Crippen molar-refractivity contribution in [3.8, 4) is 5.75 Å². The Balaban J connectivity index is 1.56. The minimum absolute atomic E-state index is 0.0782. The van der Waals surface area contributed by atoms with Crippen LogP contribution in [0.4, 0.5) is 0 Å².